The second kappa shape index (κ2) is 9.45. The molecule has 0 saturated heterocycles. The van der Waals surface area contributed by atoms with E-state index < -0.39 is 23.3 Å². The highest BCUT2D eigenvalue weighted by Gasteiger charge is 2.61. The molecule has 8 nitrogen and oxygen atoms in total. The SMILES string of the molecule is O=C1OCC(Nc2ccc(Br)cc2)=C1C1(C2=C(Nc3ccc(Br)cc3)COC2=O)C(=O)Nc2ccccc21. The third-order valence-corrected chi connectivity index (χ3v) is 7.71. The zero-order chi connectivity index (χ0) is 26.4. The van der Waals surface area contributed by atoms with Crippen molar-refractivity contribution in [2.24, 2.45) is 0 Å². The van der Waals surface area contributed by atoms with E-state index in [1.807, 2.05) is 48.5 Å². The Labute approximate surface area is 234 Å². The van der Waals surface area contributed by atoms with Crippen molar-refractivity contribution in [3.8, 4) is 0 Å². The van der Waals surface area contributed by atoms with Gasteiger partial charge in [-0.15, -0.1) is 0 Å². The van der Waals surface area contributed by atoms with Crippen molar-refractivity contribution in [2.75, 3.05) is 29.2 Å². The lowest BCUT2D eigenvalue weighted by Gasteiger charge is -2.29. The van der Waals surface area contributed by atoms with E-state index in [0.717, 1.165) is 8.95 Å². The van der Waals surface area contributed by atoms with Crippen molar-refractivity contribution in [1.82, 2.24) is 0 Å². The second-order valence-corrected chi connectivity index (χ2v) is 10.7. The van der Waals surface area contributed by atoms with Crippen LogP contribution in [0.1, 0.15) is 5.56 Å². The number of para-hydroxylation sites is 1. The number of halogens is 2. The molecule has 0 bridgehead atoms. The van der Waals surface area contributed by atoms with Crippen molar-refractivity contribution in [3.63, 3.8) is 0 Å². The molecule has 3 aromatic rings. The molecule has 38 heavy (non-hydrogen) atoms. The third-order valence-electron chi connectivity index (χ3n) is 6.66. The molecule has 0 aromatic heterocycles. The van der Waals surface area contributed by atoms with Crippen LogP contribution >= 0.6 is 31.9 Å². The number of benzene rings is 3. The number of rotatable bonds is 6. The van der Waals surface area contributed by atoms with E-state index >= 15 is 0 Å². The van der Waals surface area contributed by atoms with Crippen molar-refractivity contribution >= 4 is 66.8 Å². The molecule has 0 spiro atoms. The van der Waals surface area contributed by atoms with Gasteiger partial charge in [-0.25, -0.2) is 9.59 Å². The molecule has 0 fully saturated rings. The molecule has 3 heterocycles. The number of cyclic esters (lactones) is 2. The van der Waals surface area contributed by atoms with E-state index in [1.54, 1.807) is 24.3 Å². The molecule has 1 amide bonds. The maximum Gasteiger partial charge on any atom is 0.338 e. The molecule has 0 atom stereocenters. The molecule has 0 saturated carbocycles. The Hall–Kier alpha value is -3.89. The van der Waals surface area contributed by atoms with E-state index in [1.165, 1.54) is 0 Å². The Morgan fingerprint density at radius 1 is 0.684 bits per heavy atom. The Bertz CT molecular complexity index is 1480. The van der Waals surface area contributed by atoms with Crippen LogP contribution in [-0.2, 0) is 29.3 Å². The zero-order valence-corrected chi connectivity index (χ0v) is 22.8. The number of fused-ring (bicyclic) bond motifs is 1. The minimum atomic E-state index is -1.80. The van der Waals surface area contributed by atoms with E-state index in [0.29, 0.717) is 34.0 Å². The lowest BCUT2D eigenvalue weighted by Crippen LogP contribution is -2.44. The van der Waals surface area contributed by atoms with Gasteiger partial charge in [0.2, 0.25) is 5.91 Å². The van der Waals surface area contributed by atoms with E-state index in [4.69, 9.17) is 9.47 Å². The van der Waals surface area contributed by atoms with Crippen LogP contribution in [0.3, 0.4) is 0 Å². The molecule has 3 aromatic carbocycles. The summed E-state index contributed by atoms with van der Waals surface area (Å²) in [6, 6.07) is 21.7. The number of nitrogens with one attached hydrogen (secondary N) is 3. The molecule has 0 aliphatic carbocycles. The summed E-state index contributed by atoms with van der Waals surface area (Å²) < 4.78 is 12.7. The highest BCUT2D eigenvalue weighted by molar-refractivity contribution is 9.10. The second-order valence-electron chi connectivity index (χ2n) is 8.87. The molecule has 6 rings (SSSR count). The number of carbonyl (C=O) groups excluding carboxylic acids is 3. The minimum absolute atomic E-state index is 0.0480. The van der Waals surface area contributed by atoms with Crippen LogP contribution in [0.15, 0.2) is 104 Å². The maximum atomic E-state index is 14.0. The molecular weight excluding hydrogens is 618 g/mol. The fourth-order valence-corrected chi connectivity index (χ4v) is 5.59. The van der Waals surface area contributed by atoms with Crippen molar-refractivity contribution in [3.05, 3.63) is 110 Å². The van der Waals surface area contributed by atoms with E-state index in [2.05, 4.69) is 47.8 Å². The summed E-state index contributed by atoms with van der Waals surface area (Å²) in [5.74, 6) is -1.91. The number of hydrogen-bond donors (Lipinski definition) is 3. The first-order valence-electron chi connectivity index (χ1n) is 11.7. The molecule has 3 aliphatic rings. The van der Waals surface area contributed by atoms with Gasteiger partial charge in [0, 0.05) is 31.6 Å². The van der Waals surface area contributed by atoms with Gasteiger partial charge in [-0.1, -0.05) is 50.1 Å². The average molecular weight is 637 g/mol. The van der Waals surface area contributed by atoms with Crippen molar-refractivity contribution in [2.45, 2.75) is 5.41 Å². The van der Waals surface area contributed by atoms with Crippen LogP contribution < -0.4 is 16.0 Å². The molecule has 3 aliphatic heterocycles. The molecule has 0 radical (unpaired) electrons. The van der Waals surface area contributed by atoms with Crippen LogP contribution in [-0.4, -0.2) is 31.1 Å². The average Bonchev–Trinajstić information content (AvgIpc) is 3.55. The van der Waals surface area contributed by atoms with Crippen LogP contribution in [0, 0.1) is 0 Å². The standard InChI is InChI=1S/C28H19Br2N3O5/c29-15-5-9-17(10-6-15)31-21-13-37-25(34)23(21)28(19-3-1-2-4-20(19)33-27(28)36)24-22(14-38-26(24)35)32-18-11-7-16(30)8-12-18/h1-12,31-32H,13-14H2,(H,33,36). The number of carbonyl (C=O) groups is 3. The van der Waals surface area contributed by atoms with Gasteiger partial charge in [-0.2, -0.15) is 0 Å². The van der Waals surface area contributed by atoms with Gasteiger partial charge in [-0.05, 0) is 54.6 Å². The topological polar surface area (TPSA) is 106 Å². The van der Waals surface area contributed by atoms with Gasteiger partial charge >= 0.3 is 11.9 Å². The van der Waals surface area contributed by atoms with Crippen LogP contribution in [0.2, 0.25) is 0 Å². The van der Waals surface area contributed by atoms with Crippen LogP contribution in [0.5, 0.6) is 0 Å². The van der Waals surface area contributed by atoms with Crippen molar-refractivity contribution in [1.29, 1.82) is 0 Å². The maximum absolute atomic E-state index is 14.0. The molecule has 3 N–H and O–H groups in total. The largest absolute Gasteiger partial charge is 0.456 e. The summed E-state index contributed by atoms with van der Waals surface area (Å²) in [5, 5.41) is 9.36. The van der Waals surface area contributed by atoms with Crippen LogP contribution in [0.25, 0.3) is 0 Å². The molecule has 0 unspecified atom stereocenters. The Morgan fingerprint density at radius 3 is 1.66 bits per heavy atom. The Morgan fingerprint density at radius 2 is 1.16 bits per heavy atom. The predicted molar refractivity (Wildman–Crippen MR) is 148 cm³/mol. The summed E-state index contributed by atoms with van der Waals surface area (Å²) in [4.78, 5) is 40.9. The lowest BCUT2D eigenvalue weighted by atomic mass is 9.68. The van der Waals surface area contributed by atoms with Gasteiger partial charge in [0.05, 0.1) is 22.5 Å². The fraction of sp³-hybridized carbons (Fsp3) is 0.107. The number of esters is 2. The quantitative estimate of drug-likeness (QED) is 0.318. The predicted octanol–water partition coefficient (Wildman–Crippen LogP) is 5.25. The Kier molecular flexibility index (Phi) is 6.08. The highest BCUT2D eigenvalue weighted by Crippen LogP contribution is 2.52. The third kappa shape index (κ3) is 3.91. The summed E-state index contributed by atoms with van der Waals surface area (Å²) in [6.07, 6.45) is 0. The summed E-state index contributed by atoms with van der Waals surface area (Å²) in [5.41, 5.74) is 1.43. The first kappa shape index (κ1) is 24.4. The normalized spacial score (nSPS) is 17.8. The highest BCUT2D eigenvalue weighted by atomic mass is 79.9. The monoisotopic (exact) mass is 635 g/mol. The minimum Gasteiger partial charge on any atom is -0.456 e. The van der Waals surface area contributed by atoms with Gasteiger partial charge in [-0.3, -0.25) is 4.79 Å². The number of anilines is 3. The molecule has 10 heteroatoms. The van der Waals surface area contributed by atoms with Gasteiger partial charge < -0.3 is 25.4 Å². The first-order chi connectivity index (χ1) is 18.4. The summed E-state index contributed by atoms with van der Waals surface area (Å²) >= 11 is 6.84. The van der Waals surface area contributed by atoms with Crippen LogP contribution in [0.4, 0.5) is 17.1 Å². The molecular formula is C28H19Br2N3O5. The number of amides is 1. The van der Waals surface area contributed by atoms with Gasteiger partial charge in [0.1, 0.15) is 18.6 Å². The number of hydrogen-bond acceptors (Lipinski definition) is 7. The Balaban J connectivity index is 1.59. The lowest BCUT2D eigenvalue weighted by molar-refractivity contribution is -0.139. The smallest absolute Gasteiger partial charge is 0.338 e. The van der Waals surface area contributed by atoms with E-state index in [9.17, 15) is 14.4 Å². The van der Waals surface area contributed by atoms with Crippen molar-refractivity contribution < 1.29 is 23.9 Å². The zero-order valence-electron chi connectivity index (χ0n) is 19.6. The van der Waals surface area contributed by atoms with Gasteiger partial charge in [0.25, 0.3) is 0 Å². The molecule has 190 valence electrons. The van der Waals surface area contributed by atoms with Gasteiger partial charge in [0.15, 0.2) is 0 Å². The first-order valence-corrected chi connectivity index (χ1v) is 13.2. The summed E-state index contributed by atoms with van der Waals surface area (Å²) in [7, 11) is 0. The fourth-order valence-electron chi connectivity index (χ4n) is 5.06. The number of ether oxygens (including phenoxy) is 2. The van der Waals surface area contributed by atoms with E-state index in [-0.39, 0.29) is 24.4 Å². The summed E-state index contributed by atoms with van der Waals surface area (Å²) in [6.45, 7) is -0.168.